The summed E-state index contributed by atoms with van der Waals surface area (Å²) in [6, 6.07) is 19.0. The molecule has 0 spiro atoms. The molecule has 0 saturated heterocycles. The molecule has 35 heavy (non-hydrogen) atoms. The van der Waals surface area contributed by atoms with Gasteiger partial charge in [-0.2, -0.15) is 0 Å². The van der Waals surface area contributed by atoms with Crippen molar-refractivity contribution in [2.75, 3.05) is 6.26 Å². The van der Waals surface area contributed by atoms with Crippen LogP contribution in [0.15, 0.2) is 83.1 Å². The summed E-state index contributed by atoms with van der Waals surface area (Å²) in [6.07, 6.45) is 9.99. The number of rotatable bonds is 8. The molecule has 180 valence electrons. The van der Waals surface area contributed by atoms with Crippen molar-refractivity contribution in [3.8, 4) is 22.6 Å². The minimum atomic E-state index is -2.71. The Morgan fingerprint density at radius 1 is 1.03 bits per heavy atom. The van der Waals surface area contributed by atoms with Crippen LogP contribution in [0.1, 0.15) is 31.5 Å². The number of thioether (sulfide) groups is 1. The van der Waals surface area contributed by atoms with E-state index in [4.69, 9.17) is 9.52 Å². The van der Waals surface area contributed by atoms with Gasteiger partial charge in [-0.1, -0.05) is 48.9 Å². The molecule has 2 heterocycles. The zero-order valence-electron chi connectivity index (χ0n) is 19.5. The van der Waals surface area contributed by atoms with Crippen LogP contribution in [0.4, 0.5) is 0 Å². The predicted molar refractivity (Wildman–Crippen MR) is 139 cm³/mol. The van der Waals surface area contributed by atoms with Gasteiger partial charge in [-0.15, -0.1) is 10.2 Å². The zero-order chi connectivity index (χ0) is 24.3. The number of nitrogens with zero attached hydrogens (tertiary/aromatic N) is 4. The second kappa shape index (κ2) is 10.2. The van der Waals surface area contributed by atoms with Crippen molar-refractivity contribution in [2.45, 2.75) is 47.6 Å². The molecule has 0 aliphatic heterocycles. The molecule has 9 heteroatoms. The van der Waals surface area contributed by atoms with Crippen molar-refractivity contribution >= 4 is 21.5 Å². The number of hydrogen-bond acceptors (Lipinski definition) is 7. The van der Waals surface area contributed by atoms with Crippen molar-refractivity contribution in [2.24, 2.45) is 0 Å². The molecule has 1 N–H and O–H groups in total. The number of aromatic nitrogens is 4. The summed E-state index contributed by atoms with van der Waals surface area (Å²) in [7, 11) is -2.71. The number of ether oxygens (including phenoxy) is 1. The van der Waals surface area contributed by atoms with Crippen molar-refractivity contribution in [1.82, 2.24) is 19.7 Å². The standard InChI is InChI=1S/C26H27N5O2S2/c1-35(27,32)24-14-10-20(11-15-24)19-8-12-22(13-9-19)33-18-25-29-30-26(34-23-6-2-3-7-23)31(25)21-5-4-16-28-17-21/h4-5,8-17,23,27H,2-3,6-7,18H2,1H3. The highest BCUT2D eigenvalue weighted by molar-refractivity contribution is 7.99. The summed E-state index contributed by atoms with van der Waals surface area (Å²) in [5.74, 6) is 1.47. The van der Waals surface area contributed by atoms with Gasteiger partial charge in [0.05, 0.1) is 21.6 Å². The lowest BCUT2D eigenvalue weighted by molar-refractivity contribution is 0.293. The molecule has 2 aromatic carbocycles. The van der Waals surface area contributed by atoms with Crippen molar-refractivity contribution in [1.29, 1.82) is 4.78 Å². The summed E-state index contributed by atoms with van der Waals surface area (Å²) in [6.45, 7) is 0.287. The van der Waals surface area contributed by atoms with Crippen molar-refractivity contribution in [3.05, 3.63) is 78.9 Å². The molecule has 1 atom stereocenters. The molecular formula is C26H27N5O2S2. The van der Waals surface area contributed by atoms with Crippen LogP contribution in [0.5, 0.6) is 5.75 Å². The minimum Gasteiger partial charge on any atom is -0.486 e. The normalized spacial score (nSPS) is 15.7. The number of benzene rings is 2. The first-order valence-electron chi connectivity index (χ1n) is 11.6. The van der Waals surface area contributed by atoms with Gasteiger partial charge in [-0.05, 0) is 60.4 Å². The van der Waals surface area contributed by atoms with Crippen LogP contribution < -0.4 is 4.74 Å². The monoisotopic (exact) mass is 505 g/mol. The van der Waals surface area contributed by atoms with E-state index in [-0.39, 0.29) is 6.61 Å². The number of pyridine rings is 1. The third-order valence-electron chi connectivity index (χ3n) is 6.04. The lowest BCUT2D eigenvalue weighted by Crippen LogP contribution is -2.08. The average molecular weight is 506 g/mol. The topological polar surface area (TPSA) is 93.8 Å². The van der Waals surface area contributed by atoms with Crippen LogP contribution in [0.25, 0.3) is 16.8 Å². The van der Waals surface area contributed by atoms with Gasteiger partial charge in [0, 0.05) is 22.6 Å². The molecule has 0 radical (unpaired) electrons. The Labute approximate surface area is 210 Å². The Balaban J connectivity index is 1.31. The van der Waals surface area contributed by atoms with Gasteiger partial charge in [-0.3, -0.25) is 9.55 Å². The molecule has 1 fully saturated rings. The maximum Gasteiger partial charge on any atom is 0.196 e. The maximum absolute atomic E-state index is 11.9. The van der Waals surface area contributed by atoms with Gasteiger partial charge in [-0.25, -0.2) is 8.99 Å². The van der Waals surface area contributed by atoms with E-state index in [0.29, 0.717) is 10.1 Å². The summed E-state index contributed by atoms with van der Waals surface area (Å²) in [5, 5.41) is 10.4. The van der Waals surface area contributed by atoms with E-state index in [1.807, 2.05) is 59.3 Å². The van der Waals surface area contributed by atoms with E-state index in [0.717, 1.165) is 33.5 Å². The Bertz CT molecular complexity index is 1380. The Morgan fingerprint density at radius 2 is 1.71 bits per heavy atom. The van der Waals surface area contributed by atoms with Crippen LogP contribution >= 0.6 is 11.8 Å². The van der Waals surface area contributed by atoms with Crippen LogP contribution in [0.3, 0.4) is 0 Å². The SMILES string of the molecule is CS(=N)(=O)c1ccc(-c2ccc(OCc3nnc(SC4CCCC4)n3-c3cccnc3)cc2)cc1. The lowest BCUT2D eigenvalue weighted by atomic mass is 10.1. The van der Waals surface area contributed by atoms with Gasteiger partial charge < -0.3 is 4.74 Å². The van der Waals surface area contributed by atoms with Gasteiger partial charge in [0.2, 0.25) is 0 Å². The molecule has 2 aromatic heterocycles. The third kappa shape index (κ3) is 5.57. The molecule has 7 nitrogen and oxygen atoms in total. The average Bonchev–Trinajstić information content (AvgIpc) is 3.53. The molecule has 1 aliphatic rings. The smallest absolute Gasteiger partial charge is 0.196 e. The van der Waals surface area contributed by atoms with Crippen LogP contribution in [0.2, 0.25) is 0 Å². The van der Waals surface area contributed by atoms with Gasteiger partial charge in [0.25, 0.3) is 0 Å². The van der Waals surface area contributed by atoms with Gasteiger partial charge in [0.1, 0.15) is 12.4 Å². The highest BCUT2D eigenvalue weighted by atomic mass is 32.2. The fourth-order valence-electron chi connectivity index (χ4n) is 4.17. The first kappa shape index (κ1) is 23.6. The van der Waals surface area contributed by atoms with E-state index in [1.165, 1.54) is 31.9 Å². The summed E-state index contributed by atoms with van der Waals surface area (Å²) < 4.78 is 27.7. The second-order valence-corrected chi connectivity index (χ2v) is 12.1. The fraction of sp³-hybridized carbons (Fsp3) is 0.269. The Hall–Kier alpha value is -3.17. The van der Waals surface area contributed by atoms with E-state index < -0.39 is 9.73 Å². The van der Waals surface area contributed by atoms with E-state index in [9.17, 15) is 4.21 Å². The molecule has 1 unspecified atom stereocenters. The summed E-state index contributed by atoms with van der Waals surface area (Å²) in [5.41, 5.74) is 2.94. The van der Waals surface area contributed by atoms with Gasteiger partial charge in [0.15, 0.2) is 11.0 Å². The van der Waals surface area contributed by atoms with Crippen molar-refractivity contribution in [3.63, 3.8) is 0 Å². The highest BCUT2D eigenvalue weighted by Crippen LogP contribution is 2.35. The Kier molecular flexibility index (Phi) is 6.88. The molecule has 4 aromatic rings. The molecule has 1 aliphatic carbocycles. The first-order valence-corrected chi connectivity index (χ1v) is 14.4. The third-order valence-corrected chi connectivity index (χ3v) is 8.49. The molecule has 5 rings (SSSR count). The van der Waals surface area contributed by atoms with E-state index >= 15 is 0 Å². The maximum atomic E-state index is 11.9. The van der Waals surface area contributed by atoms with E-state index in [2.05, 4.69) is 15.2 Å². The van der Waals surface area contributed by atoms with Crippen molar-refractivity contribution < 1.29 is 8.95 Å². The number of hydrogen-bond donors (Lipinski definition) is 1. The highest BCUT2D eigenvalue weighted by Gasteiger charge is 2.22. The van der Waals surface area contributed by atoms with Gasteiger partial charge >= 0.3 is 0 Å². The summed E-state index contributed by atoms with van der Waals surface area (Å²) in [4.78, 5) is 4.81. The minimum absolute atomic E-state index is 0.287. The van der Waals surface area contributed by atoms with Crippen LogP contribution in [0, 0.1) is 4.78 Å². The van der Waals surface area contributed by atoms with Crippen LogP contribution in [-0.2, 0) is 16.3 Å². The largest absolute Gasteiger partial charge is 0.486 e. The fourth-order valence-corrected chi connectivity index (χ4v) is 6.10. The second-order valence-electron chi connectivity index (χ2n) is 8.65. The quantitative estimate of drug-likeness (QED) is 0.317. The zero-order valence-corrected chi connectivity index (χ0v) is 21.1. The predicted octanol–water partition coefficient (Wildman–Crippen LogP) is 5.98. The molecule has 0 amide bonds. The molecule has 1 saturated carbocycles. The summed E-state index contributed by atoms with van der Waals surface area (Å²) >= 11 is 1.79. The van der Waals surface area contributed by atoms with E-state index in [1.54, 1.807) is 30.1 Å². The molecular weight excluding hydrogens is 478 g/mol. The molecule has 0 bridgehead atoms. The first-order chi connectivity index (χ1) is 17.0. The van der Waals surface area contributed by atoms with Crippen LogP contribution in [-0.4, -0.2) is 35.5 Å². The Morgan fingerprint density at radius 3 is 2.34 bits per heavy atom. The lowest BCUT2D eigenvalue weighted by Gasteiger charge is -2.13. The number of nitrogens with one attached hydrogen (secondary N) is 1.